The van der Waals surface area contributed by atoms with Gasteiger partial charge in [0.2, 0.25) is 0 Å². The highest BCUT2D eigenvalue weighted by Gasteiger charge is 2.22. The molecule has 0 radical (unpaired) electrons. The summed E-state index contributed by atoms with van der Waals surface area (Å²) in [5.74, 6) is -1.68. The van der Waals surface area contributed by atoms with Crippen LogP contribution in [0.25, 0.3) is 0 Å². The van der Waals surface area contributed by atoms with Gasteiger partial charge in [-0.25, -0.2) is 0 Å². The molecule has 4 nitrogen and oxygen atoms in total. The maximum atomic E-state index is 11.2. The van der Waals surface area contributed by atoms with E-state index < -0.39 is 11.9 Å². The lowest BCUT2D eigenvalue weighted by atomic mass is 9.97. The van der Waals surface area contributed by atoms with E-state index in [1.54, 1.807) is 48.9 Å². The molecule has 2 aromatic heterocycles. The summed E-state index contributed by atoms with van der Waals surface area (Å²) in [5, 5.41) is 9.21. The van der Waals surface area contributed by atoms with E-state index in [9.17, 15) is 9.90 Å². The highest BCUT2D eigenvalue weighted by atomic mass is 16.4. The number of rotatable bonds is 3. The van der Waals surface area contributed by atoms with E-state index in [1.807, 2.05) is 0 Å². The second-order valence-corrected chi connectivity index (χ2v) is 3.31. The molecule has 16 heavy (non-hydrogen) atoms. The monoisotopic (exact) mass is 214 g/mol. The van der Waals surface area contributed by atoms with Crippen LogP contribution < -0.4 is 0 Å². The second kappa shape index (κ2) is 4.53. The molecule has 0 aromatic carbocycles. The molecule has 0 spiro atoms. The zero-order valence-corrected chi connectivity index (χ0v) is 8.45. The Morgan fingerprint density at radius 1 is 1.19 bits per heavy atom. The average molecular weight is 214 g/mol. The minimum Gasteiger partial charge on any atom is -0.480 e. The zero-order chi connectivity index (χ0) is 11.4. The predicted molar refractivity (Wildman–Crippen MR) is 58.0 cm³/mol. The quantitative estimate of drug-likeness (QED) is 0.844. The normalized spacial score (nSPS) is 12.0. The number of carboxylic acids is 1. The number of nitrogens with zero attached hydrogens (tertiary/aromatic N) is 2. The third-order valence-electron chi connectivity index (χ3n) is 2.25. The van der Waals surface area contributed by atoms with Crippen LogP contribution in [-0.4, -0.2) is 21.0 Å². The summed E-state index contributed by atoms with van der Waals surface area (Å²) in [7, 11) is 0. The van der Waals surface area contributed by atoms with Gasteiger partial charge in [-0.15, -0.1) is 0 Å². The summed E-state index contributed by atoms with van der Waals surface area (Å²) < 4.78 is 0. The fourth-order valence-corrected chi connectivity index (χ4v) is 1.53. The van der Waals surface area contributed by atoms with E-state index in [1.165, 1.54) is 0 Å². The molecule has 2 aromatic rings. The van der Waals surface area contributed by atoms with E-state index in [0.717, 1.165) is 0 Å². The molecule has 80 valence electrons. The third-order valence-corrected chi connectivity index (χ3v) is 2.25. The van der Waals surface area contributed by atoms with Crippen LogP contribution in [0.4, 0.5) is 0 Å². The Bertz CT molecular complexity index is 431. The Hall–Kier alpha value is -2.23. The molecule has 0 aliphatic heterocycles. The molecule has 0 fully saturated rings. The van der Waals surface area contributed by atoms with Crippen LogP contribution in [0.3, 0.4) is 0 Å². The number of hydrogen-bond acceptors (Lipinski definition) is 3. The van der Waals surface area contributed by atoms with Crippen molar-refractivity contribution in [1.82, 2.24) is 9.97 Å². The van der Waals surface area contributed by atoms with Gasteiger partial charge in [-0.2, -0.15) is 0 Å². The van der Waals surface area contributed by atoms with E-state index in [2.05, 4.69) is 9.97 Å². The van der Waals surface area contributed by atoms with Crippen LogP contribution in [0, 0.1) is 0 Å². The molecule has 1 N–H and O–H groups in total. The van der Waals surface area contributed by atoms with Crippen molar-refractivity contribution in [2.75, 3.05) is 0 Å². The van der Waals surface area contributed by atoms with Gasteiger partial charge in [0.15, 0.2) is 0 Å². The van der Waals surface area contributed by atoms with Crippen molar-refractivity contribution in [2.45, 2.75) is 5.92 Å². The van der Waals surface area contributed by atoms with Crippen LogP contribution in [0.2, 0.25) is 0 Å². The van der Waals surface area contributed by atoms with Gasteiger partial charge in [-0.1, -0.05) is 12.1 Å². The van der Waals surface area contributed by atoms with Gasteiger partial charge in [-0.05, 0) is 23.8 Å². The van der Waals surface area contributed by atoms with Crippen LogP contribution in [0.1, 0.15) is 17.2 Å². The Kier molecular flexibility index (Phi) is 2.91. The lowest BCUT2D eigenvalue weighted by Crippen LogP contribution is -2.14. The summed E-state index contributed by atoms with van der Waals surface area (Å²) in [4.78, 5) is 19.2. The molecule has 1 unspecified atom stereocenters. The lowest BCUT2D eigenvalue weighted by Gasteiger charge is -2.11. The van der Waals surface area contributed by atoms with Gasteiger partial charge in [0.1, 0.15) is 5.92 Å². The van der Waals surface area contributed by atoms with Crippen LogP contribution >= 0.6 is 0 Å². The third kappa shape index (κ3) is 2.06. The van der Waals surface area contributed by atoms with Crippen molar-refractivity contribution in [2.24, 2.45) is 0 Å². The first-order valence-electron chi connectivity index (χ1n) is 4.82. The molecule has 0 amide bonds. The first-order chi connectivity index (χ1) is 7.79. The number of carboxylic acid groups (broad SMARTS) is 1. The number of pyridine rings is 2. The first-order valence-corrected chi connectivity index (χ1v) is 4.82. The molecule has 2 rings (SSSR count). The maximum absolute atomic E-state index is 11.2. The molecule has 0 saturated carbocycles. The largest absolute Gasteiger partial charge is 0.480 e. The van der Waals surface area contributed by atoms with Crippen molar-refractivity contribution >= 4 is 5.97 Å². The fraction of sp³-hybridized carbons (Fsp3) is 0.0833. The number of carbonyl (C=O) groups is 1. The molecule has 0 aliphatic rings. The number of aromatic nitrogens is 2. The fourth-order valence-electron chi connectivity index (χ4n) is 1.53. The number of hydrogen-bond donors (Lipinski definition) is 1. The molecular weight excluding hydrogens is 204 g/mol. The molecule has 4 heteroatoms. The van der Waals surface area contributed by atoms with Gasteiger partial charge in [-0.3, -0.25) is 14.8 Å². The van der Waals surface area contributed by atoms with Crippen LogP contribution in [-0.2, 0) is 4.79 Å². The predicted octanol–water partition coefficient (Wildman–Crippen LogP) is 1.69. The molecule has 0 saturated heterocycles. The maximum Gasteiger partial charge on any atom is 0.317 e. The second-order valence-electron chi connectivity index (χ2n) is 3.31. The lowest BCUT2D eigenvalue weighted by molar-refractivity contribution is -0.137. The van der Waals surface area contributed by atoms with Crippen LogP contribution in [0.15, 0.2) is 48.9 Å². The summed E-state index contributed by atoms with van der Waals surface area (Å²) >= 11 is 0. The van der Waals surface area contributed by atoms with Gasteiger partial charge >= 0.3 is 5.97 Å². The first kappa shape index (κ1) is 10.3. The Morgan fingerprint density at radius 2 is 2.06 bits per heavy atom. The molecule has 0 bridgehead atoms. The smallest absolute Gasteiger partial charge is 0.317 e. The van der Waals surface area contributed by atoms with E-state index in [4.69, 9.17) is 0 Å². The highest BCUT2D eigenvalue weighted by molar-refractivity contribution is 5.79. The summed E-state index contributed by atoms with van der Waals surface area (Å²) in [6.07, 6.45) is 4.75. The Balaban J connectivity index is 2.44. The molecule has 0 aliphatic carbocycles. The minimum atomic E-state index is -0.924. The highest BCUT2D eigenvalue weighted by Crippen LogP contribution is 2.21. The van der Waals surface area contributed by atoms with Crippen molar-refractivity contribution in [3.05, 3.63) is 60.2 Å². The molecule has 1 atom stereocenters. The van der Waals surface area contributed by atoms with E-state index >= 15 is 0 Å². The minimum absolute atomic E-state index is 0.517. The molecule has 2 heterocycles. The number of aliphatic carboxylic acids is 1. The van der Waals surface area contributed by atoms with Crippen molar-refractivity contribution < 1.29 is 9.90 Å². The summed E-state index contributed by atoms with van der Waals surface area (Å²) in [5.41, 5.74) is 1.15. The SMILES string of the molecule is O=C(O)C(c1cccnc1)c1ccccn1. The van der Waals surface area contributed by atoms with Crippen LogP contribution in [0.5, 0.6) is 0 Å². The Labute approximate surface area is 92.6 Å². The summed E-state index contributed by atoms with van der Waals surface area (Å²) in [6.45, 7) is 0. The van der Waals surface area contributed by atoms with Crippen molar-refractivity contribution in [3.8, 4) is 0 Å². The standard InChI is InChI=1S/C12H10N2O2/c15-12(16)11(9-4-3-6-13-8-9)10-5-1-2-7-14-10/h1-8,11H,(H,15,16). The van der Waals surface area contributed by atoms with Crippen molar-refractivity contribution in [3.63, 3.8) is 0 Å². The topological polar surface area (TPSA) is 63.1 Å². The van der Waals surface area contributed by atoms with Crippen molar-refractivity contribution in [1.29, 1.82) is 0 Å². The van der Waals surface area contributed by atoms with E-state index in [0.29, 0.717) is 11.3 Å². The average Bonchev–Trinajstić information content (AvgIpc) is 2.31. The van der Waals surface area contributed by atoms with E-state index in [-0.39, 0.29) is 0 Å². The molecular formula is C12H10N2O2. The van der Waals surface area contributed by atoms with Gasteiger partial charge in [0, 0.05) is 18.6 Å². The summed E-state index contributed by atoms with van der Waals surface area (Å²) in [6, 6.07) is 8.68. The zero-order valence-electron chi connectivity index (χ0n) is 8.45. The Morgan fingerprint density at radius 3 is 2.62 bits per heavy atom. The van der Waals surface area contributed by atoms with Gasteiger partial charge in [0.05, 0.1) is 5.69 Å². The van der Waals surface area contributed by atoms with Gasteiger partial charge in [0.25, 0.3) is 0 Å². The van der Waals surface area contributed by atoms with Gasteiger partial charge < -0.3 is 5.11 Å².